The van der Waals surface area contributed by atoms with E-state index in [1.165, 1.54) is 24.3 Å². The van der Waals surface area contributed by atoms with Gasteiger partial charge in [0.25, 0.3) is 0 Å². The van der Waals surface area contributed by atoms with Gasteiger partial charge in [-0.05, 0) is 28.9 Å². The average molecular weight is 390 g/mol. The molecule has 1 atom stereocenters. The van der Waals surface area contributed by atoms with E-state index in [-0.39, 0.29) is 29.9 Å². The monoisotopic (exact) mass is 389 g/mol. The van der Waals surface area contributed by atoms with Crippen LogP contribution in [0.4, 0.5) is 19.0 Å². The summed E-state index contributed by atoms with van der Waals surface area (Å²) in [6.07, 6.45) is 1.53. The van der Waals surface area contributed by atoms with Gasteiger partial charge in [-0.15, -0.1) is 0 Å². The van der Waals surface area contributed by atoms with Gasteiger partial charge in [-0.2, -0.15) is 14.4 Å². The highest BCUT2D eigenvalue weighted by atomic mass is 79.9. The SMILES string of the molecule is C[C@@]1(O)COC=CN(c2nc(F)nc3c(F)c(Br)c(F)cc23)C1. The van der Waals surface area contributed by atoms with Crippen LogP contribution in [0.15, 0.2) is 23.0 Å². The molecular formula is C14H11BrF3N3O2. The van der Waals surface area contributed by atoms with Crippen LogP contribution in [0.25, 0.3) is 10.9 Å². The van der Waals surface area contributed by atoms with Crippen molar-refractivity contribution in [3.05, 3.63) is 40.7 Å². The zero-order chi connectivity index (χ0) is 16.8. The summed E-state index contributed by atoms with van der Waals surface area (Å²) in [7, 11) is 0. The Morgan fingerprint density at radius 3 is 2.83 bits per heavy atom. The number of aromatic nitrogens is 2. The molecule has 0 unspecified atom stereocenters. The minimum atomic E-state index is -1.26. The number of anilines is 1. The fourth-order valence-corrected chi connectivity index (χ4v) is 2.61. The van der Waals surface area contributed by atoms with Crippen LogP contribution in [-0.4, -0.2) is 33.8 Å². The Kier molecular flexibility index (Phi) is 3.93. The Hall–Kier alpha value is -1.87. The van der Waals surface area contributed by atoms with E-state index in [0.717, 1.165) is 6.07 Å². The maximum Gasteiger partial charge on any atom is 0.311 e. The fourth-order valence-electron chi connectivity index (χ4n) is 2.30. The third kappa shape index (κ3) is 2.98. The van der Waals surface area contributed by atoms with Crippen molar-refractivity contribution in [3.63, 3.8) is 0 Å². The van der Waals surface area contributed by atoms with Crippen molar-refractivity contribution in [1.29, 1.82) is 0 Å². The Morgan fingerprint density at radius 1 is 1.35 bits per heavy atom. The standard InChI is InChI=1S/C14H11BrF3N3O2/c1-14(22)5-21(2-3-23-6-14)12-7-4-8(16)9(15)10(17)11(7)19-13(18)20-12/h2-4,22H,5-6H2,1H3/t14-/m0/s1. The number of rotatable bonds is 1. The van der Waals surface area contributed by atoms with Gasteiger partial charge < -0.3 is 14.7 Å². The number of benzene rings is 1. The highest BCUT2D eigenvalue weighted by molar-refractivity contribution is 9.10. The molecule has 2 aromatic rings. The van der Waals surface area contributed by atoms with E-state index in [1.807, 2.05) is 0 Å². The van der Waals surface area contributed by atoms with Crippen LogP contribution in [0, 0.1) is 17.7 Å². The fraction of sp³-hybridized carbons (Fsp3) is 0.286. The number of halogens is 4. The van der Waals surface area contributed by atoms with Crippen molar-refractivity contribution >= 4 is 32.7 Å². The average Bonchev–Trinajstić information content (AvgIpc) is 2.66. The van der Waals surface area contributed by atoms with Gasteiger partial charge in [0.05, 0.1) is 17.3 Å². The Labute approximate surface area is 137 Å². The maximum atomic E-state index is 14.2. The molecule has 1 aromatic carbocycles. The van der Waals surface area contributed by atoms with Gasteiger partial charge in [-0.3, -0.25) is 0 Å². The lowest BCUT2D eigenvalue weighted by atomic mass is 10.1. The number of β-amino-alcohol motifs (C(OH)–C–C–N with tert-alkyl or cyclic N) is 1. The largest absolute Gasteiger partial charge is 0.497 e. The molecule has 1 aliphatic heterocycles. The summed E-state index contributed by atoms with van der Waals surface area (Å²) < 4.78 is 46.4. The lowest BCUT2D eigenvalue weighted by Crippen LogP contribution is -2.41. The maximum absolute atomic E-state index is 14.2. The van der Waals surface area contributed by atoms with E-state index in [4.69, 9.17) is 4.74 Å². The highest BCUT2D eigenvalue weighted by Crippen LogP contribution is 2.32. The summed E-state index contributed by atoms with van der Waals surface area (Å²) in [4.78, 5) is 8.38. The molecule has 0 spiro atoms. The molecule has 0 fully saturated rings. The van der Waals surface area contributed by atoms with Gasteiger partial charge in [0, 0.05) is 11.6 Å². The predicted octanol–water partition coefficient (Wildman–Crippen LogP) is 2.87. The van der Waals surface area contributed by atoms with E-state index in [9.17, 15) is 18.3 Å². The van der Waals surface area contributed by atoms with Crippen LogP contribution >= 0.6 is 15.9 Å². The first-order chi connectivity index (χ1) is 10.8. The van der Waals surface area contributed by atoms with Gasteiger partial charge in [0.1, 0.15) is 29.4 Å². The molecule has 5 nitrogen and oxygen atoms in total. The predicted molar refractivity (Wildman–Crippen MR) is 80.2 cm³/mol. The quantitative estimate of drug-likeness (QED) is 0.600. The van der Waals surface area contributed by atoms with Crippen molar-refractivity contribution < 1.29 is 23.0 Å². The first kappa shape index (κ1) is 16.0. The minimum absolute atomic E-state index is 0.00560. The molecule has 9 heteroatoms. The first-order valence-electron chi connectivity index (χ1n) is 6.56. The summed E-state index contributed by atoms with van der Waals surface area (Å²) in [5, 5.41) is 10.2. The summed E-state index contributed by atoms with van der Waals surface area (Å²) in [5.41, 5.74) is -1.62. The second kappa shape index (κ2) is 5.64. The molecule has 0 saturated carbocycles. The number of hydrogen-bond donors (Lipinski definition) is 1. The van der Waals surface area contributed by atoms with E-state index >= 15 is 0 Å². The number of fused-ring (bicyclic) bond motifs is 1. The molecule has 0 bridgehead atoms. The first-order valence-corrected chi connectivity index (χ1v) is 7.36. The van der Waals surface area contributed by atoms with Crippen molar-refractivity contribution in [2.24, 2.45) is 0 Å². The van der Waals surface area contributed by atoms with E-state index in [2.05, 4.69) is 25.9 Å². The molecule has 0 aliphatic carbocycles. The van der Waals surface area contributed by atoms with Crippen LogP contribution in [0.2, 0.25) is 0 Å². The molecule has 2 heterocycles. The molecule has 122 valence electrons. The van der Waals surface area contributed by atoms with Gasteiger partial charge in [0.2, 0.25) is 0 Å². The zero-order valence-corrected chi connectivity index (χ0v) is 13.4. The summed E-state index contributed by atoms with van der Waals surface area (Å²) >= 11 is 2.76. The van der Waals surface area contributed by atoms with Crippen LogP contribution in [0.1, 0.15) is 6.92 Å². The van der Waals surface area contributed by atoms with Crippen LogP contribution in [0.5, 0.6) is 0 Å². The molecule has 23 heavy (non-hydrogen) atoms. The molecule has 1 aliphatic rings. The van der Waals surface area contributed by atoms with Crippen molar-refractivity contribution in [3.8, 4) is 0 Å². The molecule has 1 N–H and O–H groups in total. The number of nitrogens with zero attached hydrogens (tertiary/aromatic N) is 3. The zero-order valence-electron chi connectivity index (χ0n) is 11.9. The van der Waals surface area contributed by atoms with Crippen LogP contribution in [-0.2, 0) is 4.74 Å². The summed E-state index contributed by atoms with van der Waals surface area (Å²) in [6.45, 7) is 1.53. The Morgan fingerprint density at radius 2 is 2.09 bits per heavy atom. The highest BCUT2D eigenvalue weighted by Gasteiger charge is 2.29. The number of hydrogen-bond acceptors (Lipinski definition) is 5. The van der Waals surface area contributed by atoms with Gasteiger partial charge in [0.15, 0.2) is 5.82 Å². The van der Waals surface area contributed by atoms with Gasteiger partial charge in [-0.1, -0.05) is 0 Å². The lowest BCUT2D eigenvalue weighted by molar-refractivity contribution is 0.00798. The van der Waals surface area contributed by atoms with Crippen molar-refractivity contribution in [1.82, 2.24) is 9.97 Å². The summed E-state index contributed by atoms with van der Waals surface area (Å²) in [5.74, 6) is -1.96. The van der Waals surface area contributed by atoms with E-state index in [1.54, 1.807) is 0 Å². The number of aliphatic hydroxyl groups is 1. The van der Waals surface area contributed by atoms with E-state index < -0.39 is 27.8 Å². The molecule has 3 rings (SSSR count). The van der Waals surface area contributed by atoms with Crippen molar-refractivity contribution in [2.75, 3.05) is 18.1 Å². The topological polar surface area (TPSA) is 58.5 Å². The summed E-state index contributed by atoms with van der Waals surface area (Å²) in [6, 6.07) is 1.01. The normalized spacial score (nSPS) is 21.4. The molecule has 0 saturated heterocycles. The third-order valence-corrected chi connectivity index (χ3v) is 4.02. The number of ether oxygens (including phenoxy) is 1. The van der Waals surface area contributed by atoms with Crippen LogP contribution in [0.3, 0.4) is 0 Å². The minimum Gasteiger partial charge on any atom is -0.497 e. The van der Waals surface area contributed by atoms with Crippen molar-refractivity contribution in [2.45, 2.75) is 12.5 Å². The second-order valence-corrected chi connectivity index (χ2v) is 6.21. The third-order valence-electron chi connectivity index (χ3n) is 3.29. The van der Waals surface area contributed by atoms with Crippen LogP contribution < -0.4 is 4.90 Å². The van der Waals surface area contributed by atoms with E-state index in [0.29, 0.717) is 0 Å². The molecule has 0 radical (unpaired) electrons. The molecular weight excluding hydrogens is 379 g/mol. The molecule has 1 aromatic heterocycles. The second-order valence-electron chi connectivity index (χ2n) is 5.42. The smallest absolute Gasteiger partial charge is 0.311 e. The lowest BCUT2D eigenvalue weighted by Gasteiger charge is -2.27. The Bertz CT molecular complexity index is 814. The van der Waals surface area contributed by atoms with Gasteiger partial charge >= 0.3 is 6.08 Å². The van der Waals surface area contributed by atoms with Gasteiger partial charge in [-0.25, -0.2) is 8.78 Å². The Balaban J connectivity index is 2.24. The molecule has 0 amide bonds.